The predicted octanol–water partition coefficient (Wildman–Crippen LogP) is 4.12. The molecule has 14 heavy (non-hydrogen) atoms. The maximum Gasteiger partial charge on any atom is 0.163 e. The number of carbonyl (C=O) groups is 1. The van der Waals surface area contributed by atoms with Crippen LogP contribution in [0.5, 0.6) is 0 Å². The largest absolute Gasteiger partial charge is 0.294 e. The molecule has 0 aliphatic heterocycles. The fourth-order valence-corrected chi connectivity index (χ4v) is 3.25. The van der Waals surface area contributed by atoms with E-state index in [0.29, 0.717) is 6.42 Å². The second kappa shape index (κ2) is 4.15. The average molecular weight is 318 g/mol. The molecule has 0 saturated heterocycles. The molecule has 1 aliphatic rings. The van der Waals surface area contributed by atoms with Crippen molar-refractivity contribution >= 4 is 37.6 Å². The highest BCUT2D eigenvalue weighted by Gasteiger charge is 2.17. The molecular weight excluding hydrogens is 308 g/mol. The molecule has 1 aromatic rings. The van der Waals surface area contributed by atoms with Gasteiger partial charge in [-0.1, -0.05) is 31.9 Å². The summed E-state index contributed by atoms with van der Waals surface area (Å²) < 4.78 is 2.02. The van der Waals surface area contributed by atoms with Crippen LogP contribution in [-0.4, -0.2) is 5.78 Å². The zero-order chi connectivity index (χ0) is 10.1. The van der Waals surface area contributed by atoms with Crippen LogP contribution in [0.1, 0.15) is 35.2 Å². The van der Waals surface area contributed by atoms with Gasteiger partial charge in [0.2, 0.25) is 0 Å². The number of rotatable bonds is 0. The second-order valence-electron chi connectivity index (χ2n) is 3.54. The Labute approximate surface area is 100 Å². The van der Waals surface area contributed by atoms with Gasteiger partial charge in [-0.2, -0.15) is 0 Å². The van der Waals surface area contributed by atoms with Crippen LogP contribution in [0.25, 0.3) is 0 Å². The van der Waals surface area contributed by atoms with E-state index in [1.165, 1.54) is 5.56 Å². The highest BCUT2D eigenvalue weighted by Crippen LogP contribution is 2.30. The van der Waals surface area contributed by atoms with Crippen molar-refractivity contribution in [3.8, 4) is 0 Å². The number of benzene rings is 1. The number of carbonyl (C=O) groups excluding carboxylic acids is 1. The van der Waals surface area contributed by atoms with E-state index >= 15 is 0 Å². The maximum atomic E-state index is 11.8. The average Bonchev–Trinajstić information content (AvgIpc) is 2.29. The van der Waals surface area contributed by atoms with Crippen LogP contribution in [0, 0.1) is 0 Å². The van der Waals surface area contributed by atoms with Crippen LogP contribution in [0.2, 0.25) is 0 Å². The van der Waals surface area contributed by atoms with Crippen molar-refractivity contribution in [3.05, 3.63) is 32.2 Å². The van der Waals surface area contributed by atoms with Crippen molar-refractivity contribution in [2.45, 2.75) is 25.7 Å². The van der Waals surface area contributed by atoms with E-state index in [1.807, 2.05) is 12.1 Å². The molecule has 0 atom stereocenters. The van der Waals surface area contributed by atoms with E-state index in [-0.39, 0.29) is 5.78 Å². The first kappa shape index (κ1) is 10.4. The summed E-state index contributed by atoms with van der Waals surface area (Å²) in [4.78, 5) is 11.8. The minimum Gasteiger partial charge on any atom is -0.294 e. The van der Waals surface area contributed by atoms with Gasteiger partial charge in [-0.3, -0.25) is 4.79 Å². The summed E-state index contributed by atoms with van der Waals surface area (Å²) in [5.41, 5.74) is 2.07. The molecular formula is C11H10Br2O. The molecule has 0 amide bonds. The van der Waals surface area contributed by atoms with E-state index < -0.39 is 0 Å². The van der Waals surface area contributed by atoms with E-state index in [4.69, 9.17) is 0 Å². The third-order valence-corrected chi connectivity index (χ3v) is 3.71. The zero-order valence-corrected chi connectivity index (χ0v) is 10.8. The van der Waals surface area contributed by atoms with Gasteiger partial charge >= 0.3 is 0 Å². The summed E-state index contributed by atoms with van der Waals surface area (Å²) in [6.07, 6.45) is 3.82. The Morgan fingerprint density at radius 2 is 1.79 bits per heavy atom. The normalized spacial score (nSPS) is 16.3. The molecule has 0 unspecified atom stereocenters. The van der Waals surface area contributed by atoms with E-state index in [0.717, 1.165) is 33.8 Å². The highest BCUT2D eigenvalue weighted by molar-refractivity contribution is 9.11. The molecule has 0 heterocycles. The standard InChI is InChI=1S/C11H10Br2O/c12-7-5-9-8(10(13)6-7)3-1-2-4-11(9)14/h5-6H,1-4H2. The third-order valence-electron chi connectivity index (χ3n) is 2.54. The fourth-order valence-electron chi connectivity index (χ4n) is 1.83. The zero-order valence-electron chi connectivity index (χ0n) is 7.65. The molecule has 0 fully saturated rings. The van der Waals surface area contributed by atoms with Gasteiger partial charge in [0.15, 0.2) is 5.78 Å². The second-order valence-corrected chi connectivity index (χ2v) is 5.31. The molecule has 0 radical (unpaired) electrons. The molecule has 0 N–H and O–H groups in total. The van der Waals surface area contributed by atoms with Gasteiger partial charge in [0, 0.05) is 20.9 Å². The van der Waals surface area contributed by atoms with Crippen LogP contribution in [0.4, 0.5) is 0 Å². The van der Waals surface area contributed by atoms with Crippen molar-refractivity contribution in [2.24, 2.45) is 0 Å². The fraction of sp³-hybridized carbons (Fsp3) is 0.364. The lowest BCUT2D eigenvalue weighted by Crippen LogP contribution is -2.00. The number of Topliss-reactive ketones (excluding diaryl/α,β-unsaturated/α-hetero) is 1. The molecule has 1 aromatic carbocycles. The van der Waals surface area contributed by atoms with Gasteiger partial charge in [-0.25, -0.2) is 0 Å². The Balaban J connectivity index is 2.58. The van der Waals surface area contributed by atoms with Crippen LogP contribution in [-0.2, 0) is 6.42 Å². The first-order valence-electron chi connectivity index (χ1n) is 4.69. The van der Waals surface area contributed by atoms with Gasteiger partial charge in [0.1, 0.15) is 0 Å². The van der Waals surface area contributed by atoms with Gasteiger partial charge in [0.05, 0.1) is 0 Å². The maximum absolute atomic E-state index is 11.8. The molecule has 0 spiro atoms. The van der Waals surface area contributed by atoms with Crippen LogP contribution in [0.15, 0.2) is 21.1 Å². The molecule has 3 heteroatoms. The predicted molar refractivity (Wildman–Crippen MR) is 63.7 cm³/mol. The number of ketones is 1. The molecule has 2 rings (SSSR count). The molecule has 1 nitrogen and oxygen atoms in total. The minimum absolute atomic E-state index is 0.277. The highest BCUT2D eigenvalue weighted by atomic mass is 79.9. The first-order chi connectivity index (χ1) is 6.68. The van der Waals surface area contributed by atoms with Crippen molar-refractivity contribution in [1.29, 1.82) is 0 Å². The van der Waals surface area contributed by atoms with E-state index in [2.05, 4.69) is 31.9 Å². The third kappa shape index (κ3) is 1.94. The smallest absolute Gasteiger partial charge is 0.163 e. The number of hydrogen-bond acceptors (Lipinski definition) is 1. The van der Waals surface area contributed by atoms with Crippen LogP contribution in [0.3, 0.4) is 0 Å². The van der Waals surface area contributed by atoms with Gasteiger partial charge < -0.3 is 0 Å². The SMILES string of the molecule is O=C1CCCCc2c(Br)cc(Br)cc21. The molecule has 0 saturated carbocycles. The lowest BCUT2D eigenvalue weighted by molar-refractivity contribution is 0.0982. The summed E-state index contributed by atoms with van der Waals surface area (Å²) in [5.74, 6) is 0.277. The molecule has 0 aromatic heterocycles. The van der Waals surface area contributed by atoms with Gasteiger partial charge in [-0.15, -0.1) is 0 Å². The molecule has 1 aliphatic carbocycles. The minimum atomic E-state index is 0.277. The van der Waals surface area contributed by atoms with Crippen molar-refractivity contribution in [2.75, 3.05) is 0 Å². The van der Waals surface area contributed by atoms with Crippen molar-refractivity contribution in [1.82, 2.24) is 0 Å². The van der Waals surface area contributed by atoms with Crippen molar-refractivity contribution < 1.29 is 4.79 Å². The number of halogens is 2. The molecule has 0 bridgehead atoms. The van der Waals surface area contributed by atoms with Crippen molar-refractivity contribution in [3.63, 3.8) is 0 Å². The van der Waals surface area contributed by atoms with E-state index in [9.17, 15) is 4.79 Å². The van der Waals surface area contributed by atoms with Gasteiger partial charge in [-0.05, 0) is 37.0 Å². The summed E-state index contributed by atoms with van der Waals surface area (Å²) >= 11 is 6.92. The Morgan fingerprint density at radius 3 is 2.57 bits per heavy atom. The molecule has 74 valence electrons. The number of hydrogen-bond donors (Lipinski definition) is 0. The summed E-state index contributed by atoms with van der Waals surface area (Å²) in [7, 11) is 0. The summed E-state index contributed by atoms with van der Waals surface area (Å²) in [6, 6.07) is 3.95. The Bertz CT molecular complexity index is 385. The monoisotopic (exact) mass is 316 g/mol. The lowest BCUT2D eigenvalue weighted by atomic mass is 10.0. The topological polar surface area (TPSA) is 17.1 Å². The quantitative estimate of drug-likeness (QED) is 0.658. The lowest BCUT2D eigenvalue weighted by Gasteiger charge is -2.07. The number of fused-ring (bicyclic) bond motifs is 1. The van der Waals surface area contributed by atoms with Crippen LogP contribution >= 0.6 is 31.9 Å². The Kier molecular flexibility index (Phi) is 3.07. The first-order valence-corrected chi connectivity index (χ1v) is 6.28. The Morgan fingerprint density at radius 1 is 1.07 bits per heavy atom. The van der Waals surface area contributed by atoms with Gasteiger partial charge in [0.25, 0.3) is 0 Å². The van der Waals surface area contributed by atoms with E-state index in [1.54, 1.807) is 0 Å². The summed E-state index contributed by atoms with van der Waals surface area (Å²) in [5, 5.41) is 0. The summed E-state index contributed by atoms with van der Waals surface area (Å²) in [6.45, 7) is 0. The van der Waals surface area contributed by atoms with Crippen LogP contribution < -0.4 is 0 Å². The Hall–Kier alpha value is -0.150.